The molecule has 0 spiro atoms. The lowest BCUT2D eigenvalue weighted by Gasteiger charge is -2.42. The standard InChI is InChI=1S/C28H35N3O5/c1-17(2)27(33)30-20-10-13-24-22(14-20)28(34)31(4)23-12-11-21(36-25(23)16-35-24)15-26(32)29-18(3)19-8-6-5-7-9-19/h5-10,13-14,17-18,21,23,25H,11-12,15-16H2,1-4H3,(H,29,32)(H,30,33)/t18-,21-,23+,25+/m0/s1. The van der Waals surface area contributed by atoms with Crippen LogP contribution in [0.4, 0.5) is 5.69 Å². The molecule has 0 radical (unpaired) electrons. The van der Waals surface area contributed by atoms with Gasteiger partial charge in [-0.3, -0.25) is 14.4 Å². The second-order valence-corrected chi connectivity index (χ2v) is 9.93. The minimum absolute atomic E-state index is 0.0627. The number of benzene rings is 2. The molecular weight excluding hydrogens is 458 g/mol. The molecule has 0 bridgehead atoms. The molecule has 0 saturated carbocycles. The highest BCUT2D eigenvalue weighted by atomic mass is 16.5. The first-order chi connectivity index (χ1) is 17.2. The Morgan fingerprint density at radius 2 is 1.83 bits per heavy atom. The first kappa shape index (κ1) is 25.7. The Morgan fingerprint density at radius 1 is 1.08 bits per heavy atom. The van der Waals surface area contributed by atoms with Crippen molar-refractivity contribution in [3.63, 3.8) is 0 Å². The zero-order chi connectivity index (χ0) is 25.8. The van der Waals surface area contributed by atoms with E-state index in [0.29, 0.717) is 29.8 Å². The van der Waals surface area contributed by atoms with Gasteiger partial charge in [0.1, 0.15) is 18.5 Å². The van der Waals surface area contributed by atoms with Crippen molar-refractivity contribution in [2.45, 2.75) is 64.3 Å². The van der Waals surface area contributed by atoms with Gasteiger partial charge in [-0.2, -0.15) is 0 Å². The van der Waals surface area contributed by atoms with Gasteiger partial charge in [0, 0.05) is 18.7 Å². The number of anilines is 1. The molecule has 2 aliphatic rings. The number of nitrogens with one attached hydrogen (secondary N) is 2. The lowest BCUT2D eigenvalue weighted by Crippen LogP contribution is -2.54. The maximum absolute atomic E-state index is 13.3. The Hall–Kier alpha value is -3.39. The highest BCUT2D eigenvalue weighted by Crippen LogP contribution is 2.32. The second kappa shape index (κ2) is 11.1. The molecule has 1 fully saturated rings. The molecule has 2 heterocycles. The van der Waals surface area contributed by atoms with Crippen molar-refractivity contribution < 1.29 is 23.9 Å². The Morgan fingerprint density at radius 3 is 2.56 bits per heavy atom. The molecule has 2 aliphatic heterocycles. The molecule has 0 unspecified atom stereocenters. The van der Waals surface area contributed by atoms with E-state index >= 15 is 0 Å². The van der Waals surface area contributed by atoms with E-state index in [1.54, 1.807) is 30.1 Å². The Labute approximate surface area is 212 Å². The molecule has 4 atom stereocenters. The number of likely N-dealkylation sites (N-methyl/N-ethyl adjacent to an activating group) is 1. The van der Waals surface area contributed by atoms with Gasteiger partial charge in [-0.1, -0.05) is 44.2 Å². The molecular formula is C28H35N3O5. The molecule has 4 rings (SSSR count). The second-order valence-electron chi connectivity index (χ2n) is 9.93. The van der Waals surface area contributed by atoms with Crippen molar-refractivity contribution in [2.24, 2.45) is 5.92 Å². The van der Waals surface area contributed by atoms with E-state index in [9.17, 15) is 14.4 Å². The normalized spacial score (nSPS) is 22.4. The van der Waals surface area contributed by atoms with Gasteiger partial charge < -0.3 is 25.0 Å². The molecule has 8 heteroatoms. The van der Waals surface area contributed by atoms with Gasteiger partial charge in [-0.05, 0) is 43.5 Å². The van der Waals surface area contributed by atoms with Gasteiger partial charge in [0.15, 0.2) is 0 Å². The van der Waals surface area contributed by atoms with E-state index in [1.165, 1.54) is 0 Å². The molecule has 192 valence electrons. The third kappa shape index (κ3) is 5.87. The predicted molar refractivity (Wildman–Crippen MR) is 137 cm³/mol. The van der Waals surface area contributed by atoms with Crippen LogP contribution in [0.15, 0.2) is 48.5 Å². The molecule has 3 amide bonds. The average Bonchev–Trinajstić information content (AvgIpc) is 2.86. The Balaban J connectivity index is 1.40. The third-order valence-electron chi connectivity index (χ3n) is 6.89. The van der Waals surface area contributed by atoms with Crippen molar-refractivity contribution in [1.29, 1.82) is 0 Å². The number of nitrogens with zero attached hydrogens (tertiary/aromatic N) is 1. The molecule has 8 nitrogen and oxygen atoms in total. The van der Waals surface area contributed by atoms with Gasteiger partial charge in [-0.15, -0.1) is 0 Å². The van der Waals surface area contributed by atoms with Crippen molar-refractivity contribution in [1.82, 2.24) is 10.2 Å². The van der Waals surface area contributed by atoms with Gasteiger partial charge in [0.2, 0.25) is 11.8 Å². The Kier molecular flexibility index (Phi) is 7.94. The topological polar surface area (TPSA) is 97.0 Å². The molecule has 2 aromatic rings. The van der Waals surface area contributed by atoms with Crippen molar-refractivity contribution in [3.05, 3.63) is 59.7 Å². The number of amides is 3. The summed E-state index contributed by atoms with van der Waals surface area (Å²) < 4.78 is 12.3. The number of rotatable bonds is 6. The molecule has 2 N–H and O–H groups in total. The fraction of sp³-hybridized carbons (Fsp3) is 0.464. The fourth-order valence-corrected chi connectivity index (χ4v) is 4.72. The minimum atomic E-state index is -0.342. The molecule has 2 aromatic carbocycles. The van der Waals surface area contributed by atoms with Gasteiger partial charge in [0.25, 0.3) is 5.91 Å². The quantitative estimate of drug-likeness (QED) is 0.636. The van der Waals surface area contributed by atoms with Crippen molar-refractivity contribution >= 4 is 23.4 Å². The summed E-state index contributed by atoms with van der Waals surface area (Å²) in [6, 6.07) is 14.7. The van der Waals surface area contributed by atoms with Crippen molar-refractivity contribution in [3.8, 4) is 5.75 Å². The lowest BCUT2D eigenvalue weighted by molar-refractivity contribution is -0.134. The van der Waals surface area contributed by atoms with Crippen LogP contribution in [0.25, 0.3) is 0 Å². The summed E-state index contributed by atoms with van der Waals surface area (Å²) >= 11 is 0. The fourth-order valence-electron chi connectivity index (χ4n) is 4.72. The number of carbonyl (C=O) groups is 3. The number of hydrogen-bond donors (Lipinski definition) is 2. The van der Waals surface area contributed by atoms with E-state index in [4.69, 9.17) is 9.47 Å². The first-order valence-electron chi connectivity index (χ1n) is 12.6. The molecule has 0 aliphatic carbocycles. The molecule has 36 heavy (non-hydrogen) atoms. The number of hydrogen-bond acceptors (Lipinski definition) is 5. The number of ether oxygens (including phenoxy) is 2. The van der Waals surface area contributed by atoms with Crippen LogP contribution in [0.5, 0.6) is 5.75 Å². The average molecular weight is 494 g/mol. The number of fused-ring (bicyclic) bond motifs is 2. The van der Waals surface area contributed by atoms with Crippen LogP contribution in [0, 0.1) is 5.92 Å². The summed E-state index contributed by atoms with van der Waals surface area (Å²) in [5.74, 6) is -0.0769. The minimum Gasteiger partial charge on any atom is -0.490 e. The van der Waals surface area contributed by atoms with E-state index in [-0.39, 0.29) is 61.0 Å². The summed E-state index contributed by atoms with van der Waals surface area (Å²) in [4.78, 5) is 39.8. The highest BCUT2D eigenvalue weighted by molar-refractivity contribution is 6.00. The van der Waals surface area contributed by atoms with Crippen LogP contribution in [-0.2, 0) is 14.3 Å². The SMILES string of the molecule is CC(C)C(=O)Nc1ccc2c(c1)C(=O)N(C)[C@@H]1CC[C@@H](CC(=O)N[C@@H](C)c3ccccc3)O[C@@H]1CO2. The van der Waals surface area contributed by atoms with Crippen LogP contribution >= 0.6 is 0 Å². The van der Waals surface area contributed by atoms with E-state index < -0.39 is 0 Å². The predicted octanol–water partition coefficient (Wildman–Crippen LogP) is 3.93. The lowest BCUT2D eigenvalue weighted by atomic mass is 9.94. The molecule has 1 saturated heterocycles. The highest BCUT2D eigenvalue weighted by Gasteiger charge is 2.39. The first-order valence-corrected chi connectivity index (χ1v) is 12.6. The van der Waals surface area contributed by atoms with Crippen molar-refractivity contribution in [2.75, 3.05) is 19.0 Å². The van der Waals surface area contributed by atoms with Gasteiger partial charge >= 0.3 is 0 Å². The monoisotopic (exact) mass is 493 g/mol. The summed E-state index contributed by atoms with van der Waals surface area (Å²) in [7, 11) is 1.77. The van der Waals surface area contributed by atoms with E-state index in [0.717, 1.165) is 5.56 Å². The summed E-state index contributed by atoms with van der Waals surface area (Å²) in [6.45, 7) is 5.86. The van der Waals surface area contributed by atoms with Crippen LogP contribution < -0.4 is 15.4 Å². The van der Waals surface area contributed by atoms with Gasteiger partial charge in [0.05, 0.1) is 30.2 Å². The maximum Gasteiger partial charge on any atom is 0.257 e. The largest absolute Gasteiger partial charge is 0.490 e. The summed E-state index contributed by atoms with van der Waals surface area (Å²) in [5.41, 5.74) is 2.02. The van der Waals surface area contributed by atoms with Gasteiger partial charge in [-0.25, -0.2) is 0 Å². The Bertz CT molecular complexity index is 1100. The van der Waals surface area contributed by atoms with Crippen LogP contribution in [0.1, 0.15) is 62.0 Å². The smallest absolute Gasteiger partial charge is 0.257 e. The zero-order valence-corrected chi connectivity index (χ0v) is 21.3. The van der Waals surface area contributed by atoms with E-state index in [2.05, 4.69) is 10.6 Å². The number of carbonyl (C=O) groups excluding carboxylic acids is 3. The summed E-state index contributed by atoms with van der Waals surface area (Å²) in [6.07, 6.45) is 1.05. The zero-order valence-electron chi connectivity index (χ0n) is 21.3. The van der Waals surface area contributed by atoms with E-state index in [1.807, 2.05) is 51.1 Å². The van der Waals surface area contributed by atoms with Crippen LogP contribution in [0.3, 0.4) is 0 Å². The summed E-state index contributed by atoms with van der Waals surface area (Å²) in [5, 5.41) is 5.89. The third-order valence-corrected chi connectivity index (χ3v) is 6.89. The van der Waals surface area contributed by atoms with Crippen LogP contribution in [0.2, 0.25) is 0 Å². The molecule has 0 aromatic heterocycles. The maximum atomic E-state index is 13.3. The van der Waals surface area contributed by atoms with Crippen LogP contribution in [-0.4, -0.2) is 54.5 Å².